The second kappa shape index (κ2) is 12.0. The van der Waals surface area contributed by atoms with Crippen molar-refractivity contribution in [2.75, 3.05) is 0 Å². The first kappa shape index (κ1) is 23.4. The van der Waals surface area contributed by atoms with Crippen molar-refractivity contribution in [3.63, 3.8) is 0 Å². The zero-order valence-corrected chi connectivity index (χ0v) is 18.5. The molecule has 1 saturated carbocycles. The molecule has 0 amide bonds. The minimum absolute atomic E-state index is 0.0966. The third-order valence-corrected chi connectivity index (χ3v) is 6.46. The van der Waals surface area contributed by atoms with E-state index in [0.29, 0.717) is 11.1 Å². The molecule has 4 heteroatoms. The van der Waals surface area contributed by atoms with Gasteiger partial charge in [-0.15, -0.1) is 0 Å². The van der Waals surface area contributed by atoms with E-state index in [4.69, 9.17) is 4.74 Å². The van der Waals surface area contributed by atoms with Crippen molar-refractivity contribution in [1.82, 2.24) is 0 Å². The fourth-order valence-corrected chi connectivity index (χ4v) is 4.52. The Balaban J connectivity index is 1.43. The summed E-state index contributed by atoms with van der Waals surface area (Å²) >= 11 is 0. The highest BCUT2D eigenvalue weighted by Gasteiger charge is 2.27. The van der Waals surface area contributed by atoms with Gasteiger partial charge in [0.25, 0.3) is 0 Å². The fourth-order valence-electron chi connectivity index (χ4n) is 4.52. The minimum atomic E-state index is -0.487. The number of carbonyl (C=O) groups excluding carboxylic acids is 1. The van der Waals surface area contributed by atoms with Gasteiger partial charge in [0.1, 0.15) is 17.4 Å². The Kier molecular flexibility index (Phi) is 9.05. The van der Waals surface area contributed by atoms with E-state index in [1.54, 1.807) is 12.1 Å². The Bertz CT molecular complexity index is 824. The summed E-state index contributed by atoms with van der Waals surface area (Å²) in [6, 6.07) is 10.1. The monoisotopic (exact) mass is 428 g/mol. The number of unbranched alkanes of at least 4 members (excludes halogenated alkanes) is 5. The van der Waals surface area contributed by atoms with Crippen molar-refractivity contribution in [1.29, 1.82) is 0 Å². The zero-order valence-electron chi connectivity index (χ0n) is 18.5. The summed E-state index contributed by atoms with van der Waals surface area (Å²) in [4.78, 5) is 12.6. The lowest BCUT2D eigenvalue weighted by molar-refractivity contribution is -0.140. The Labute approximate surface area is 185 Å². The van der Waals surface area contributed by atoms with Gasteiger partial charge in [-0.2, -0.15) is 0 Å². The van der Waals surface area contributed by atoms with Gasteiger partial charge in [-0.05, 0) is 61.4 Å². The van der Waals surface area contributed by atoms with E-state index in [9.17, 15) is 13.6 Å². The van der Waals surface area contributed by atoms with Crippen LogP contribution in [0.4, 0.5) is 8.78 Å². The topological polar surface area (TPSA) is 26.3 Å². The second-order valence-electron chi connectivity index (χ2n) is 8.84. The fraction of sp³-hybridized carbons (Fsp3) is 0.519. The van der Waals surface area contributed by atoms with Crippen LogP contribution in [-0.4, -0.2) is 5.97 Å². The molecule has 0 aliphatic heterocycles. The van der Waals surface area contributed by atoms with Crippen molar-refractivity contribution < 1.29 is 18.3 Å². The first-order chi connectivity index (χ1) is 15.1. The Morgan fingerprint density at radius 3 is 2.26 bits per heavy atom. The van der Waals surface area contributed by atoms with Crippen molar-refractivity contribution in [2.24, 2.45) is 11.8 Å². The van der Waals surface area contributed by atoms with Crippen LogP contribution in [0.1, 0.15) is 77.6 Å². The molecule has 2 nitrogen and oxygen atoms in total. The third-order valence-electron chi connectivity index (χ3n) is 6.46. The van der Waals surface area contributed by atoms with Crippen LogP contribution in [0.2, 0.25) is 0 Å². The van der Waals surface area contributed by atoms with Crippen LogP contribution in [-0.2, 0) is 4.79 Å². The molecule has 0 aromatic heterocycles. The van der Waals surface area contributed by atoms with E-state index in [-0.39, 0.29) is 23.5 Å². The highest BCUT2D eigenvalue weighted by Crippen LogP contribution is 2.33. The summed E-state index contributed by atoms with van der Waals surface area (Å²) in [6.07, 6.45) is 13.1. The molecule has 0 unspecified atom stereocenters. The van der Waals surface area contributed by atoms with Gasteiger partial charge in [0.05, 0.1) is 5.92 Å². The number of ether oxygens (including phenoxy) is 1. The molecule has 0 spiro atoms. The summed E-state index contributed by atoms with van der Waals surface area (Å²) in [5.74, 6) is -0.256. The molecule has 1 aliphatic carbocycles. The maximum Gasteiger partial charge on any atom is 0.314 e. The Morgan fingerprint density at radius 1 is 0.903 bits per heavy atom. The highest BCUT2D eigenvalue weighted by atomic mass is 19.1. The summed E-state index contributed by atoms with van der Waals surface area (Å²) in [5, 5.41) is 0. The van der Waals surface area contributed by atoms with Crippen LogP contribution in [0, 0.1) is 23.5 Å². The van der Waals surface area contributed by atoms with E-state index < -0.39 is 5.82 Å². The van der Waals surface area contributed by atoms with Gasteiger partial charge in [0.15, 0.2) is 0 Å². The number of halogens is 2. The van der Waals surface area contributed by atoms with Gasteiger partial charge >= 0.3 is 5.97 Å². The molecule has 2 aromatic carbocycles. The summed E-state index contributed by atoms with van der Waals surface area (Å²) in [5.41, 5.74) is 0.940. The van der Waals surface area contributed by atoms with Gasteiger partial charge < -0.3 is 4.74 Å². The molecule has 0 bridgehead atoms. The molecular weight excluding hydrogens is 394 g/mol. The lowest BCUT2D eigenvalue weighted by atomic mass is 9.80. The largest absolute Gasteiger partial charge is 0.426 e. The van der Waals surface area contributed by atoms with Gasteiger partial charge in [-0.1, -0.05) is 64.0 Å². The van der Waals surface area contributed by atoms with Crippen LogP contribution in [0.25, 0.3) is 11.1 Å². The van der Waals surface area contributed by atoms with Gasteiger partial charge in [-0.3, -0.25) is 4.79 Å². The molecule has 0 heterocycles. The number of benzene rings is 2. The maximum atomic E-state index is 14.5. The summed E-state index contributed by atoms with van der Waals surface area (Å²) < 4.78 is 33.1. The van der Waals surface area contributed by atoms with Crippen LogP contribution >= 0.6 is 0 Å². The van der Waals surface area contributed by atoms with E-state index in [0.717, 1.165) is 31.6 Å². The zero-order chi connectivity index (χ0) is 22.1. The molecule has 3 rings (SSSR count). The number of carbonyl (C=O) groups is 1. The van der Waals surface area contributed by atoms with Crippen LogP contribution in [0.5, 0.6) is 5.75 Å². The third kappa shape index (κ3) is 7.15. The number of hydrogen-bond acceptors (Lipinski definition) is 2. The van der Waals surface area contributed by atoms with Gasteiger partial charge in [-0.25, -0.2) is 8.78 Å². The average molecular weight is 429 g/mol. The molecule has 31 heavy (non-hydrogen) atoms. The van der Waals surface area contributed by atoms with E-state index >= 15 is 0 Å². The van der Waals surface area contributed by atoms with Gasteiger partial charge in [0.2, 0.25) is 0 Å². The maximum absolute atomic E-state index is 14.5. The SMILES string of the molecule is CCCCCCCC[C@H]1CC[C@H](C(=O)Oc2ccc(-c3ccc(F)cc3)c(F)c2)CC1. The Hall–Kier alpha value is -2.23. The first-order valence-corrected chi connectivity index (χ1v) is 11.8. The lowest BCUT2D eigenvalue weighted by Crippen LogP contribution is -2.25. The lowest BCUT2D eigenvalue weighted by Gasteiger charge is -2.27. The molecule has 0 radical (unpaired) electrons. The van der Waals surface area contributed by atoms with Crippen LogP contribution in [0.15, 0.2) is 42.5 Å². The predicted molar refractivity (Wildman–Crippen MR) is 121 cm³/mol. The Morgan fingerprint density at radius 2 is 1.58 bits per heavy atom. The number of rotatable bonds is 10. The smallest absolute Gasteiger partial charge is 0.314 e. The van der Waals surface area contributed by atoms with E-state index in [2.05, 4.69) is 6.92 Å². The summed E-state index contributed by atoms with van der Waals surface area (Å²) in [7, 11) is 0. The van der Waals surface area contributed by atoms with Gasteiger partial charge in [0, 0.05) is 11.6 Å². The van der Waals surface area contributed by atoms with Crippen molar-refractivity contribution in [2.45, 2.75) is 77.6 Å². The second-order valence-corrected chi connectivity index (χ2v) is 8.84. The van der Waals surface area contributed by atoms with Crippen molar-refractivity contribution in [3.8, 4) is 16.9 Å². The predicted octanol–water partition coefficient (Wildman–Crippen LogP) is 8.09. The minimum Gasteiger partial charge on any atom is -0.426 e. The molecule has 168 valence electrons. The van der Waals surface area contributed by atoms with Crippen LogP contribution < -0.4 is 4.74 Å². The molecule has 0 atom stereocenters. The quantitative estimate of drug-likeness (QED) is 0.217. The van der Waals surface area contributed by atoms with E-state index in [1.807, 2.05) is 0 Å². The highest BCUT2D eigenvalue weighted by molar-refractivity contribution is 5.75. The van der Waals surface area contributed by atoms with E-state index in [1.165, 1.54) is 75.3 Å². The number of hydrogen-bond donors (Lipinski definition) is 0. The normalized spacial score (nSPS) is 18.7. The first-order valence-electron chi connectivity index (χ1n) is 11.8. The van der Waals surface area contributed by atoms with Crippen LogP contribution in [0.3, 0.4) is 0 Å². The molecule has 0 N–H and O–H groups in total. The molecule has 1 fully saturated rings. The molecule has 0 saturated heterocycles. The molecule has 1 aliphatic rings. The van der Waals surface area contributed by atoms with Crippen molar-refractivity contribution in [3.05, 3.63) is 54.1 Å². The van der Waals surface area contributed by atoms with Crippen molar-refractivity contribution >= 4 is 5.97 Å². The molecule has 2 aromatic rings. The summed E-state index contributed by atoms with van der Waals surface area (Å²) in [6.45, 7) is 2.24. The molecular formula is C27H34F2O2. The standard InChI is InChI=1S/C27H34F2O2/c1-2-3-4-5-6-7-8-20-9-11-22(12-10-20)27(30)31-24-17-18-25(26(29)19-24)21-13-15-23(28)16-14-21/h13-20,22H,2-12H2,1H3/t20-,22-. The average Bonchev–Trinajstić information content (AvgIpc) is 2.77. The number of esters is 1.